The average molecular weight is 566 g/mol. The first-order valence-electron chi connectivity index (χ1n) is 12.1. The van der Waals surface area contributed by atoms with Crippen molar-refractivity contribution in [3.63, 3.8) is 0 Å². The van der Waals surface area contributed by atoms with Crippen LogP contribution in [0.2, 0.25) is 5.02 Å². The van der Waals surface area contributed by atoms with Crippen LogP contribution in [-0.4, -0.2) is 65.3 Å². The van der Waals surface area contributed by atoms with Crippen LogP contribution in [0.4, 0.5) is 0 Å². The Morgan fingerprint density at radius 3 is 2.70 bits per heavy atom. The molecule has 0 bridgehead atoms. The number of amides is 3. The zero-order chi connectivity index (χ0) is 25.4. The van der Waals surface area contributed by atoms with Gasteiger partial charge >= 0.3 is 0 Å². The minimum atomic E-state index is -0.403. The van der Waals surface area contributed by atoms with E-state index in [9.17, 15) is 14.4 Å². The first-order chi connectivity index (χ1) is 17.3. The second-order valence-corrected chi connectivity index (χ2v) is 11.1. The number of hydrogen-bond donors (Lipinski definition) is 4. The Bertz CT molecular complexity index is 1320. The van der Waals surface area contributed by atoms with Crippen LogP contribution in [-0.2, 0) is 17.8 Å². The molecule has 2 aliphatic rings. The molecule has 1 saturated carbocycles. The molecule has 3 unspecified atom stereocenters. The quantitative estimate of drug-likeness (QED) is 0.379. The minimum Gasteiger partial charge on any atom is -0.359 e. The summed E-state index contributed by atoms with van der Waals surface area (Å²) in [6.07, 6.45) is 2.45. The number of thiazole rings is 1. The molecule has 5 rings (SSSR count). The van der Waals surface area contributed by atoms with Gasteiger partial charge in [-0.3, -0.25) is 14.4 Å². The molecule has 3 heterocycles. The van der Waals surface area contributed by atoms with E-state index in [1.165, 1.54) is 11.3 Å². The van der Waals surface area contributed by atoms with Crippen molar-refractivity contribution < 1.29 is 14.4 Å². The molecule has 1 aliphatic carbocycles. The number of carbonyl (C=O) groups excluding carboxylic acids is 3. The number of likely N-dealkylation sites (N-methyl/N-ethyl adjacent to an activating group) is 1. The molecule has 2 aromatic heterocycles. The Balaban J connectivity index is 0.00000320. The van der Waals surface area contributed by atoms with Gasteiger partial charge in [0.15, 0.2) is 5.01 Å². The smallest absolute Gasteiger partial charge is 0.280 e. The molecule has 9 nitrogen and oxygen atoms in total. The molecular weight excluding hydrogens is 535 g/mol. The van der Waals surface area contributed by atoms with Gasteiger partial charge in [-0.25, -0.2) is 4.98 Å². The van der Waals surface area contributed by atoms with Crippen molar-refractivity contribution in [2.24, 2.45) is 5.92 Å². The van der Waals surface area contributed by atoms with Gasteiger partial charge in [0.2, 0.25) is 5.91 Å². The summed E-state index contributed by atoms with van der Waals surface area (Å²) in [4.78, 5) is 49.7. The number of aromatic amines is 1. The topological polar surface area (TPSA) is 119 Å². The average Bonchev–Trinajstić information content (AvgIpc) is 3.48. The van der Waals surface area contributed by atoms with E-state index in [1.807, 2.05) is 6.07 Å². The first kappa shape index (κ1) is 27.4. The lowest BCUT2D eigenvalue weighted by Crippen LogP contribution is -2.55. The number of rotatable bonds is 5. The van der Waals surface area contributed by atoms with Crippen LogP contribution in [0.3, 0.4) is 0 Å². The van der Waals surface area contributed by atoms with Gasteiger partial charge in [0.25, 0.3) is 11.8 Å². The summed E-state index contributed by atoms with van der Waals surface area (Å²) >= 11 is 7.49. The van der Waals surface area contributed by atoms with Crippen LogP contribution >= 0.6 is 35.3 Å². The lowest BCUT2D eigenvalue weighted by Gasteiger charge is -2.36. The summed E-state index contributed by atoms with van der Waals surface area (Å²) in [5, 5.41) is 10.7. The van der Waals surface area contributed by atoms with Gasteiger partial charge in [-0.05, 0) is 50.6 Å². The molecule has 3 atom stereocenters. The van der Waals surface area contributed by atoms with Gasteiger partial charge in [0, 0.05) is 59.3 Å². The molecule has 0 saturated heterocycles. The summed E-state index contributed by atoms with van der Waals surface area (Å²) in [6.45, 7) is 1.71. The van der Waals surface area contributed by atoms with E-state index >= 15 is 0 Å². The second kappa shape index (κ2) is 11.4. The number of fused-ring (bicyclic) bond motifs is 2. The van der Waals surface area contributed by atoms with Crippen molar-refractivity contribution in [3.05, 3.63) is 50.6 Å². The third kappa shape index (κ3) is 5.93. The number of halogens is 2. The van der Waals surface area contributed by atoms with Crippen LogP contribution < -0.4 is 16.0 Å². The Morgan fingerprint density at radius 2 is 1.92 bits per heavy atom. The third-order valence-electron chi connectivity index (χ3n) is 7.04. The molecule has 0 radical (unpaired) electrons. The summed E-state index contributed by atoms with van der Waals surface area (Å²) < 4.78 is 0. The van der Waals surface area contributed by atoms with Crippen molar-refractivity contribution >= 4 is 64.0 Å². The molecule has 198 valence electrons. The van der Waals surface area contributed by atoms with Crippen molar-refractivity contribution in [1.82, 2.24) is 30.8 Å². The number of carbonyl (C=O) groups is 3. The van der Waals surface area contributed by atoms with Gasteiger partial charge in [-0.2, -0.15) is 0 Å². The highest BCUT2D eigenvalue weighted by atomic mass is 35.5. The first-order valence-corrected chi connectivity index (χ1v) is 13.3. The van der Waals surface area contributed by atoms with Gasteiger partial charge in [-0.15, -0.1) is 23.7 Å². The molecule has 3 aromatic rings. The predicted molar refractivity (Wildman–Crippen MR) is 147 cm³/mol. The number of nitrogens with zero attached hydrogens (tertiary/aromatic N) is 2. The van der Waals surface area contributed by atoms with Crippen LogP contribution in [0.5, 0.6) is 0 Å². The molecule has 37 heavy (non-hydrogen) atoms. The molecule has 1 aliphatic heterocycles. The van der Waals surface area contributed by atoms with E-state index in [2.05, 4.69) is 37.9 Å². The van der Waals surface area contributed by atoms with Gasteiger partial charge in [-0.1, -0.05) is 11.6 Å². The summed E-state index contributed by atoms with van der Waals surface area (Å²) in [6, 6.07) is 6.43. The summed E-state index contributed by atoms with van der Waals surface area (Å²) in [5.41, 5.74) is 2.22. The fourth-order valence-electron chi connectivity index (χ4n) is 5.07. The highest BCUT2D eigenvalue weighted by molar-refractivity contribution is 7.13. The lowest BCUT2D eigenvalue weighted by molar-refractivity contribution is -0.125. The lowest BCUT2D eigenvalue weighted by atomic mass is 9.81. The molecule has 0 spiro atoms. The second-order valence-electron chi connectivity index (χ2n) is 9.58. The van der Waals surface area contributed by atoms with Crippen LogP contribution in [0.1, 0.15) is 50.1 Å². The minimum absolute atomic E-state index is 0. The fraction of sp³-hybridized carbons (Fsp3) is 0.440. The van der Waals surface area contributed by atoms with Crippen molar-refractivity contribution in [1.29, 1.82) is 0 Å². The predicted octanol–water partition coefficient (Wildman–Crippen LogP) is 3.13. The van der Waals surface area contributed by atoms with E-state index in [0.717, 1.165) is 41.0 Å². The van der Waals surface area contributed by atoms with Gasteiger partial charge in [0.05, 0.1) is 11.7 Å². The summed E-state index contributed by atoms with van der Waals surface area (Å²) in [7, 11) is 3.67. The van der Waals surface area contributed by atoms with Gasteiger partial charge < -0.3 is 25.8 Å². The molecule has 12 heteroatoms. The maximum Gasteiger partial charge on any atom is 0.280 e. The van der Waals surface area contributed by atoms with E-state index in [1.54, 1.807) is 25.2 Å². The Morgan fingerprint density at radius 1 is 1.14 bits per heavy atom. The molecule has 4 N–H and O–H groups in total. The number of aromatic nitrogens is 2. The largest absolute Gasteiger partial charge is 0.359 e. The SMILES string of the molecule is CNC(=O)C1CCC(NC(=O)c2cc3cc(Cl)ccc3[nH]2)C(NC(=O)c2nc3c(s2)CN(C)CC3)C1.Cl. The van der Waals surface area contributed by atoms with Crippen molar-refractivity contribution in [2.45, 2.75) is 44.3 Å². The molecular formula is C25H30Cl2N6O3S. The molecule has 3 amide bonds. The van der Waals surface area contributed by atoms with Crippen molar-refractivity contribution in [3.8, 4) is 0 Å². The molecule has 1 aromatic carbocycles. The zero-order valence-electron chi connectivity index (χ0n) is 20.6. The maximum absolute atomic E-state index is 13.2. The highest BCUT2D eigenvalue weighted by Gasteiger charge is 2.36. The normalized spacial score (nSPS) is 21.5. The number of nitrogens with one attached hydrogen (secondary N) is 4. The number of H-pyrrole nitrogens is 1. The van der Waals surface area contributed by atoms with E-state index in [4.69, 9.17) is 11.6 Å². The van der Waals surface area contributed by atoms with Gasteiger partial charge in [0.1, 0.15) is 5.69 Å². The number of benzene rings is 1. The van der Waals surface area contributed by atoms with Crippen molar-refractivity contribution in [2.75, 3.05) is 20.6 Å². The zero-order valence-corrected chi connectivity index (χ0v) is 23.0. The monoisotopic (exact) mass is 564 g/mol. The fourth-order valence-corrected chi connectivity index (χ4v) is 6.34. The van der Waals surface area contributed by atoms with E-state index in [-0.39, 0.29) is 42.1 Å². The van der Waals surface area contributed by atoms with Crippen LogP contribution in [0.15, 0.2) is 24.3 Å². The standard InChI is InChI=1S/C25H29ClN6O3S.ClH/c1-27-22(33)13-3-5-17(29-23(34)20-11-14-9-15(26)4-6-16(14)28-20)19(10-13)30-24(35)25-31-18-7-8-32(2)12-21(18)36-25;/h4,6,9,11,13,17,19,28H,3,5,7-8,10,12H2,1-2H3,(H,27,33)(H,29,34)(H,30,35);1H. The van der Waals surface area contributed by atoms with Crippen LogP contribution in [0, 0.1) is 5.92 Å². The Kier molecular flexibility index (Phi) is 8.42. The Hall–Kier alpha value is -2.66. The Labute approximate surface area is 230 Å². The number of hydrogen-bond acceptors (Lipinski definition) is 6. The maximum atomic E-state index is 13.2. The summed E-state index contributed by atoms with van der Waals surface area (Å²) in [5.74, 6) is -0.821. The molecule has 1 fully saturated rings. The third-order valence-corrected chi connectivity index (χ3v) is 8.36. The van der Waals surface area contributed by atoms with E-state index in [0.29, 0.717) is 35.0 Å². The van der Waals surface area contributed by atoms with Crippen LogP contribution in [0.25, 0.3) is 10.9 Å². The highest BCUT2D eigenvalue weighted by Crippen LogP contribution is 2.28. The van der Waals surface area contributed by atoms with E-state index < -0.39 is 6.04 Å².